The highest BCUT2D eigenvalue weighted by Crippen LogP contribution is 2.20. The molecule has 3 N–H and O–H groups in total. The van der Waals surface area contributed by atoms with E-state index in [9.17, 15) is 9.59 Å². The van der Waals surface area contributed by atoms with Crippen LogP contribution in [0.5, 0.6) is 0 Å². The van der Waals surface area contributed by atoms with Gasteiger partial charge in [-0.25, -0.2) is 0 Å². The molecular weight excluding hydrogens is 308 g/mol. The highest BCUT2D eigenvalue weighted by molar-refractivity contribution is 7.17. The van der Waals surface area contributed by atoms with Crippen LogP contribution < -0.4 is 11.1 Å². The summed E-state index contributed by atoms with van der Waals surface area (Å²) >= 11 is 6.97. The van der Waals surface area contributed by atoms with E-state index < -0.39 is 5.91 Å². The van der Waals surface area contributed by atoms with Crippen LogP contribution in [0.15, 0.2) is 36.4 Å². The predicted molar refractivity (Wildman–Crippen MR) is 83.5 cm³/mol. The number of primary amides is 1. The summed E-state index contributed by atoms with van der Waals surface area (Å²) < 4.78 is 0.570. The Morgan fingerprint density at radius 1 is 1.19 bits per heavy atom. The second kappa shape index (κ2) is 6.93. The fourth-order valence-electron chi connectivity index (χ4n) is 1.51. The first-order valence-corrected chi connectivity index (χ1v) is 7.18. The summed E-state index contributed by atoms with van der Waals surface area (Å²) in [6.07, 6.45) is 0. The third kappa shape index (κ3) is 4.35. The lowest BCUT2D eigenvalue weighted by Crippen LogP contribution is -2.22. The van der Waals surface area contributed by atoms with E-state index in [0.717, 1.165) is 5.56 Å². The standard InChI is InChI=1S/C15H11ClN2O2S/c16-13-8-7-12(21-13)15(20)18-9-1-2-10-3-5-11(6-4-10)14(17)19/h3-8H,9H2,(H2,17,19)(H,18,20). The number of hydrogen-bond acceptors (Lipinski definition) is 3. The molecule has 0 aliphatic heterocycles. The lowest BCUT2D eigenvalue weighted by Gasteiger charge is -1.97. The van der Waals surface area contributed by atoms with Crippen LogP contribution in [0.2, 0.25) is 4.34 Å². The molecular formula is C15H11ClN2O2S. The average molecular weight is 319 g/mol. The SMILES string of the molecule is NC(=O)c1ccc(C#CCNC(=O)c2ccc(Cl)s2)cc1. The molecule has 0 bridgehead atoms. The zero-order valence-electron chi connectivity index (χ0n) is 10.9. The van der Waals surface area contributed by atoms with Gasteiger partial charge >= 0.3 is 0 Å². The summed E-state index contributed by atoms with van der Waals surface area (Å²) in [5.41, 5.74) is 6.32. The van der Waals surface area contributed by atoms with E-state index in [1.165, 1.54) is 11.3 Å². The van der Waals surface area contributed by atoms with Crippen LogP contribution in [0, 0.1) is 11.8 Å². The molecule has 0 saturated carbocycles. The Labute approximate surface area is 130 Å². The van der Waals surface area contributed by atoms with Crippen molar-refractivity contribution in [2.45, 2.75) is 0 Å². The van der Waals surface area contributed by atoms with Crippen molar-refractivity contribution < 1.29 is 9.59 Å². The van der Waals surface area contributed by atoms with Gasteiger partial charge in [-0.05, 0) is 36.4 Å². The Balaban J connectivity index is 1.89. The van der Waals surface area contributed by atoms with Crippen molar-refractivity contribution in [2.75, 3.05) is 6.54 Å². The molecule has 0 spiro atoms. The third-order valence-corrected chi connectivity index (χ3v) is 3.77. The second-order valence-electron chi connectivity index (χ2n) is 4.03. The number of carbonyl (C=O) groups excluding carboxylic acids is 2. The van der Waals surface area contributed by atoms with Crippen LogP contribution >= 0.6 is 22.9 Å². The number of hydrogen-bond donors (Lipinski definition) is 2. The molecule has 21 heavy (non-hydrogen) atoms. The molecule has 1 aromatic carbocycles. The lowest BCUT2D eigenvalue weighted by atomic mass is 10.1. The van der Waals surface area contributed by atoms with Gasteiger partial charge in [-0.2, -0.15) is 0 Å². The molecule has 0 aliphatic rings. The van der Waals surface area contributed by atoms with E-state index in [2.05, 4.69) is 17.2 Å². The van der Waals surface area contributed by atoms with Crippen molar-refractivity contribution >= 4 is 34.8 Å². The minimum atomic E-state index is -0.476. The Morgan fingerprint density at radius 3 is 2.48 bits per heavy atom. The van der Waals surface area contributed by atoms with Crippen LogP contribution in [-0.2, 0) is 0 Å². The summed E-state index contributed by atoms with van der Waals surface area (Å²) in [5.74, 6) is 5.04. The Kier molecular flexibility index (Phi) is 4.99. The monoisotopic (exact) mass is 318 g/mol. The predicted octanol–water partition coefficient (Wildman–Crippen LogP) is 2.28. The summed E-state index contributed by atoms with van der Waals surface area (Å²) in [6, 6.07) is 9.96. The van der Waals surface area contributed by atoms with Crippen LogP contribution in [0.25, 0.3) is 0 Å². The summed E-state index contributed by atoms with van der Waals surface area (Å²) in [7, 11) is 0. The van der Waals surface area contributed by atoms with Crippen molar-refractivity contribution in [3.05, 3.63) is 56.7 Å². The van der Waals surface area contributed by atoms with Gasteiger partial charge in [-0.15, -0.1) is 11.3 Å². The van der Waals surface area contributed by atoms with Gasteiger partial charge in [0.05, 0.1) is 15.8 Å². The Hall–Kier alpha value is -2.29. The average Bonchev–Trinajstić information content (AvgIpc) is 2.90. The van der Waals surface area contributed by atoms with Crippen molar-refractivity contribution in [3.63, 3.8) is 0 Å². The minimum Gasteiger partial charge on any atom is -0.366 e. The number of carbonyl (C=O) groups is 2. The quantitative estimate of drug-likeness (QED) is 0.852. The molecule has 0 atom stereocenters. The molecule has 6 heteroatoms. The number of amides is 2. The van der Waals surface area contributed by atoms with Crippen LogP contribution in [-0.4, -0.2) is 18.4 Å². The Morgan fingerprint density at radius 2 is 1.90 bits per heavy atom. The van der Waals surface area contributed by atoms with Gasteiger partial charge in [0, 0.05) is 11.1 Å². The number of halogens is 1. The normalized spacial score (nSPS) is 9.57. The van der Waals surface area contributed by atoms with E-state index in [-0.39, 0.29) is 12.5 Å². The van der Waals surface area contributed by atoms with Crippen LogP contribution in [0.4, 0.5) is 0 Å². The molecule has 1 aromatic heterocycles. The first-order chi connectivity index (χ1) is 10.1. The zero-order chi connectivity index (χ0) is 15.2. The largest absolute Gasteiger partial charge is 0.366 e. The van der Waals surface area contributed by atoms with Crippen molar-refractivity contribution in [1.29, 1.82) is 0 Å². The maximum absolute atomic E-state index is 11.7. The molecule has 0 radical (unpaired) electrons. The van der Waals surface area contributed by atoms with E-state index in [1.807, 2.05) is 0 Å². The topological polar surface area (TPSA) is 72.2 Å². The van der Waals surface area contributed by atoms with Gasteiger partial charge in [-0.1, -0.05) is 23.4 Å². The molecule has 0 fully saturated rings. The van der Waals surface area contributed by atoms with E-state index in [0.29, 0.717) is 14.8 Å². The molecule has 2 amide bonds. The molecule has 0 aliphatic carbocycles. The number of benzene rings is 1. The minimum absolute atomic E-state index is 0.203. The van der Waals surface area contributed by atoms with Crippen molar-refractivity contribution in [2.24, 2.45) is 5.73 Å². The molecule has 2 rings (SSSR count). The van der Waals surface area contributed by atoms with Gasteiger partial charge in [0.2, 0.25) is 5.91 Å². The fourth-order valence-corrected chi connectivity index (χ4v) is 2.47. The van der Waals surface area contributed by atoms with E-state index in [4.69, 9.17) is 17.3 Å². The fraction of sp³-hybridized carbons (Fsp3) is 0.0667. The Bertz CT molecular complexity index is 726. The van der Waals surface area contributed by atoms with Gasteiger partial charge in [0.15, 0.2) is 0 Å². The van der Waals surface area contributed by atoms with E-state index in [1.54, 1.807) is 36.4 Å². The molecule has 0 saturated heterocycles. The maximum Gasteiger partial charge on any atom is 0.262 e. The second-order valence-corrected chi connectivity index (χ2v) is 5.74. The number of nitrogens with two attached hydrogens (primary N) is 1. The molecule has 2 aromatic rings. The highest BCUT2D eigenvalue weighted by atomic mass is 35.5. The zero-order valence-corrected chi connectivity index (χ0v) is 12.4. The lowest BCUT2D eigenvalue weighted by molar-refractivity contribution is 0.0961. The van der Waals surface area contributed by atoms with Crippen LogP contribution in [0.1, 0.15) is 25.6 Å². The summed E-state index contributed by atoms with van der Waals surface area (Å²) in [6.45, 7) is 0.228. The molecule has 1 heterocycles. The smallest absolute Gasteiger partial charge is 0.262 e. The first kappa shape index (κ1) is 15.1. The number of rotatable bonds is 3. The number of thiophene rings is 1. The van der Waals surface area contributed by atoms with Crippen molar-refractivity contribution in [3.8, 4) is 11.8 Å². The molecule has 4 nitrogen and oxygen atoms in total. The number of nitrogens with one attached hydrogen (secondary N) is 1. The molecule has 0 unspecified atom stereocenters. The van der Waals surface area contributed by atoms with Gasteiger partial charge in [0.1, 0.15) is 0 Å². The van der Waals surface area contributed by atoms with Gasteiger partial charge in [-0.3, -0.25) is 9.59 Å². The maximum atomic E-state index is 11.7. The third-order valence-electron chi connectivity index (χ3n) is 2.54. The van der Waals surface area contributed by atoms with Gasteiger partial charge < -0.3 is 11.1 Å². The van der Waals surface area contributed by atoms with Crippen LogP contribution in [0.3, 0.4) is 0 Å². The van der Waals surface area contributed by atoms with E-state index >= 15 is 0 Å². The summed E-state index contributed by atoms with van der Waals surface area (Å²) in [5, 5.41) is 2.68. The highest BCUT2D eigenvalue weighted by Gasteiger charge is 2.06. The first-order valence-electron chi connectivity index (χ1n) is 5.98. The summed E-state index contributed by atoms with van der Waals surface area (Å²) in [4.78, 5) is 23.2. The van der Waals surface area contributed by atoms with Crippen molar-refractivity contribution in [1.82, 2.24) is 5.32 Å². The molecule has 106 valence electrons. The van der Waals surface area contributed by atoms with Gasteiger partial charge in [0.25, 0.3) is 5.91 Å².